The van der Waals surface area contributed by atoms with Crippen LogP contribution in [0.4, 0.5) is 4.39 Å². The molecule has 1 atom stereocenters. The second kappa shape index (κ2) is 5.80. The number of halogens is 1. The predicted octanol–water partition coefficient (Wildman–Crippen LogP) is 1.54. The van der Waals surface area contributed by atoms with Crippen molar-refractivity contribution in [1.29, 1.82) is 0 Å². The van der Waals surface area contributed by atoms with Crippen molar-refractivity contribution < 1.29 is 12.8 Å². The summed E-state index contributed by atoms with van der Waals surface area (Å²) in [5.41, 5.74) is 0.473. The van der Waals surface area contributed by atoms with Crippen LogP contribution in [0.5, 0.6) is 0 Å². The van der Waals surface area contributed by atoms with Crippen LogP contribution < -0.4 is 5.32 Å². The zero-order valence-corrected chi connectivity index (χ0v) is 11.0. The second-order valence-electron chi connectivity index (χ2n) is 4.75. The highest BCUT2D eigenvalue weighted by Crippen LogP contribution is 2.11. The van der Waals surface area contributed by atoms with Crippen LogP contribution in [0.1, 0.15) is 18.4 Å². The van der Waals surface area contributed by atoms with Crippen LogP contribution in [0.25, 0.3) is 0 Å². The smallest absolute Gasteiger partial charge is 0.152 e. The number of nitrogens with one attached hydrogen (secondary N) is 1. The first-order valence-electron chi connectivity index (χ1n) is 6.24. The van der Waals surface area contributed by atoms with Crippen molar-refractivity contribution in [3.63, 3.8) is 0 Å². The molecule has 0 aromatic heterocycles. The molecule has 18 heavy (non-hydrogen) atoms. The van der Waals surface area contributed by atoms with Crippen LogP contribution in [-0.4, -0.2) is 32.5 Å². The number of benzene rings is 1. The first-order valence-corrected chi connectivity index (χ1v) is 8.06. The molecule has 1 saturated heterocycles. The molecule has 0 amide bonds. The van der Waals surface area contributed by atoms with Crippen molar-refractivity contribution in [2.75, 3.05) is 18.1 Å². The maximum absolute atomic E-state index is 13.4. The fourth-order valence-corrected chi connectivity index (χ4v) is 3.85. The minimum atomic E-state index is -3.11. The van der Waals surface area contributed by atoms with Gasteiger partial charge in [-0.25, -0.2) is 12.8 Å². The third kappa shape index (κ3) is 3.78. The Morgan fingerprint density at radius 3 is 2.78 bits per heavy atom. The summed E-state index contributed by atoms with van der Waals surface area (Å²) in [5, 5.41) is 3.17. The second-order valence-corrected chi connectivity index (χ2v) is 6.98. The number of sulfone groups is 1. The van der Waals surface area contributed by atoms with Gasteiger partial charge in [-0.15, -0.1) is 0 Å². The maximum atomic E-state index is 13.4. The van der Waals surface area contributed by atoms with Crippen LogP contribution >= 0.6 is 0 Å². The monoisotopic (exact) mass is 271 g/mol. The summed E-state index contributed by atoms with van der Waals surface area (Å²) in [6.45, 7) is 0.896. The number of hydrogen-bond donors (Lipinski definition) is 1. The lowest BCUT2D eigenvalue weighted by atomic mass is 10.2. The van der Waals surface area contributed by atoms with E-state index < -0.39 is 9.84 Å². The van der Waals surface area contributed by atoms with E-state index in [0.29, 0.717) is 5.56 Å². The van der Waals surface area contributed by atoms with Gasteiger partial charge in [-0.3, -0.25) is 0 Å². The van der Waals surface area contributed by atoms with E-state index in [1.807, 2.05) is 0 Å². The zero-order valence-electron chi connectivity index (χ0n) is 10.2. The molecule has 0 saturated carbocycles. The summed E-state index contributed by atoms with van der Waals surface area (Å²) in [5.74, 6) is -0.139. The van der Waals surface area contributed by atoms with Crippen LogP contribution in [0, 0.1) is 5.82 Å². The van der Waals surface area contributed by atoms with E-state index in [-0.39, 0.29) is 29.8 Å². The highest BCUT2D eigenvalue weighted by Gasteiger charge is 2.22. The van der Waals surface area contributed by atoms with Gasteiger partial charge in [0.05, 0.1) is 11.5 Å². The Morgan fingerprint density at radius 1 is 1.33 bits per heavy atom. The van der Waals surface area contributed by atoms with Gasteiger partial charge in [0, 0.05) is 6.04 Å². The van der Waals surface area contributed by atoms with Crippen LogP contribution in [0.2, 0.25) is 0 Å². The van der Waals surface area contributed by atoms with Gasteiger partial charge in [0.2, 0.25) is 0 Å². The van der Waals surface area contributed by atoms with E-state index in [9.17, 15) is 12.8 Å². The Labute approximate surface area is 107 Å². The zero-order chi connectivity index (χ0) is 13.0. The largest absolute Gasteiger partial charge is 0.313 e. The van der Waals surface area contributed by atoms with E-state index in [1.54, 1.807) is 18.2 Å². The van der Waals surface area contributed by atoms with Gasteiger partial charge in [0.1, 0.15) is 5.82 Å². The molecule has 0 aliphatic carbocycles. The van der Waals surface area contributed by atoms with Crippen LogP contribution in [-0.2, 0) is 16.3 Å². The van der Waals surface area contributed by atoms with E-state index in [4.69, 9.17) is 0 Å². The summed E-state index contributed by atoms with van der Waals surface area (Å²) in [4.78, 5) is 0. The Morgan fingerprint density at radius 2 is 2.11 bits per heavy atom. The molecule has 0 bridgehead atoms. The van der Waals surface area contributed by atoms with Crippen molar-refractivity contribution in [3.8, 4) is 0 Å². The fourth-order valence-electron chi connectivity index (χ4n) is 2.26. The van der Waals surface area contributed by atoms with Gasteiger partial charge in [-0.05, 0) is 37.4 Å². The minimum Gasteiger partial charge on any atom is -0.313 e. The fraction of sp³-hybridized carbons (Fsp3) is 0.538. The summed E-state index contributed by atoms with van der Waals surface area (Å²) in [6.07, 6.45) is 2.20. The lowest BCUT2D eigenvalue weighted by molar-refractivity contribution is 0.574. The highest BCUT2D eigenvalue weighted by atomic mass is 32.2. The van der Waals surface area contributed by atoms with Crippen molar-refractivity contribution in [2.24, 2.45) is 0 Å². The topological polar surface area (TPSA) is 46.2 Å². The normalized spacial score (nSPS) is 20.2. The highest BCUT2D eigenvalue weighted by molar-refractivity contribution is 7.91. The quantitative estimate of drug-likeness (QED) is 0.883. The Hall–Kier alpha value is -0.940. The summed E-state index contributed by atoms with van der Waals surface area (Å²) < 4.78 is 37.2. The molecule has 1 unspecified atom stereocenters. The third-order valence-electron chi connectivity index (χ3n) is 3.26. The lowest BCUT2D eigenvalue weighted by Gasteiger charge is -2.11. The average Bonchev–Trinajstić information content (AvgIpc) is 2.80. The molecule has 1 aromatic rings. The molecule has 0 radical (unpaired) electrons. The summed E-state index contributed by atoms with van der Waals surface area (Å²) in [6, 6.07) is 6.41. The molecule has 100 valence electrons. The third-order valence-corrected chi connectivity index (χ3v) is 4.99. The average molecular weight is 271 g/mol. The van der Waals surface area contributed by atoms with Crippen molar-refractivity contribution in [2.45, 2.75) is 25.3 Å². The van der Waals surface area contributed by atoms with Crippen molar-refractivity contribution in [1.82, 2.24) is 5.32 Å². The van der Waals surface area contributed by atoms with Crippen molar-refractivity contribution in [3.05, 3.63) is 35.6 Å². The number of aryl methyl sites for hydroxylation is 1. The van der Waals surface area contributed by atoms with E-state index in [2.05, 4.69) is 5.32 Å². The summed E-state index contributed by atoms with van der Waals surface area (Å²) in [7, 11) is -3.11. The molecular weight excluding hydrogens is 253 g/mol. The first kappa shape index (κ1) is 13.5. The molecule has 1 heterocycles. The molecule has 5 heteroatoms. The molecule has 0 spiro atoms. The minimum absolute atomic E-state index is 0.0200. The van der Waals surface area contributed by atoms with Gasteiger partial charge < -0.3 is 5.32 Å². The summed E-state index contributed by atoms with van der Waals surface area (Å²) >= 11 is 0. The molecule has 1 N–H and O–H groups in total. The van der Waals surface area contributed by atoms with Gasteiger partial charge in [-0.2, -0.15) is 0 Å². The van der Waals surface area contributed by atoms with Crippen molar-refractivity contribution >= 4 is 9.84 Å². The van der Waals surface area contributed by atoms with E-state index >= 15 is 0 Å². The Bertz CT molecular complexity index is 495. The molecule has 1 fully saturated rings. The molecule has 3 nitrogen and oxygen atoms in total. The molecule has 2 rings (SSSR count). The molecule has 1 aliphatic heterocycles. The number of hydrogen-bond acceptors (Lipinski definition) is 3. The Balaban J connectivity index is 1.90. The SMILES string of the molecule is O=S(=O)(CCc1ccccc1F)CC1CCCN1. The molecule has 1 aromatic carbocycles. The molecular formula is C13H18FNO2S. The Kier molecular flexibility index (Phi) is 4.35. The van der Waals surface area contributed by atoms with Gasteiger partial charge in [-0.1, -0.05) is 18.2 Å². The van der Waals surface area contributed by atoms with Gasteiger partial charge in [0.25, 0.3) is 0 Å². The van der Waals surface area contributed by atoms with Gasteiger partial charge in [0.15, 0.2) is 9.84 Å². The molecule has 1 aliphatic rings. The lowest BCUT2D eigenvalue weighted by Crippen LogP contribution is -2.31. The van der Waals surface area contributed by atoms with Crippen LogP contribution in [0.15, 0.2) is 24.3 Å². The predicted molar refractivity (Wildman–Crippen MR) is 69.8 cm³/mol. The standard InChI is InChI=1S/C13H18FNO2S/c14-13-6-2-1-4-11(13)7-9-18(16,17)10-12-5-3-8-15-12/h1-2,4,6,12,15H,3,5,7-10H2. The van der Waals surface area contributed by atoms with E-state index in [1.165, 1.54) is 6.07 Å². The van der Waals surface area contributed by atoms with E-state index in [0.717, 1.165) is 19.4 Å². The number of rotatable bonds is 5. The van der Waals surface area contributed by atoms with Crippen LogP contribution in [0.3, 0.4) is 0 Å². The maximum Gasteiger partial charge on any atom is 0.152 e. The first-order chi connectivity index (χ1) is 8.57. The van der Waals surface area contributed by atoms with Gasteiger partial charge >= 0.3 is 0 Å².